The Bertz CT molecular complexity index is 672. The van der Waals surface area contributed by atoms with Crippen LogP contribution in [-0.2, 0) is 16.5 Å². The minimum atomic E-state index is -4.18. The van der Waals surface area contributed by atoms with Gasteiger partial charge in [0.1, 0.15) is 4.90 Å². The molecule has 0 bridgehead atoms. The summed E-state index contributed by atoms with van der Waals surface area (Å²) in [6.45, 7) is 3.89. The van der Waals surface area contributed by atoms with Crippen LogP contribution in [0.5, 0.6) is 0 Å². The quantitative estimate of drug-likeness (QED) is 0.834. The molecule has 2 aromatic carbocycles. The third-order valence-corrected chi connectivity index (χ3v) is 3.86. The zero-order chi connectivity index (χ0) is 12.6. The van der Waals surface area contributed by atoms with Crippen molar-refractivity contribution in [3.8, 4) is 0 Å². The van der Waals surface area contributed by atoms with E-state index in [9.17, 15) is 13.0 Å². The first-order chi connectivity index (χ1) is 7.95. The Morgan fingerprint density at radius 2 is 1.88 bits per heavy atom. The second kappa shape index (κ2) is 4.13. The van der Waals surface area contributed by atoms with Crippen LogP contribution in [0.1, 0.15) is 18.1 Å². The lowest BCUT2D eigenvalue weighted by molar-refractivity contribution is 0.484. The van der Waals surface area contributed by atoms with Crippen molar-refractivity contribution in [2.45, 2.75) is 25.2 Å². The lowest BCUT2D eigenvalue weighted by Gasteiger charge is -2.10. The first-order valence-corrected chi connectivity index (χ1v) is 6.88. The predicted molar refractivity (Wildman–Crippen MR) is 67.9 cm³/mol. The van der Waals surface area contributed by atoms with Gasteiger partial charge in [0.2, 0.25) is 0 Å². The number of fused-ring (bicyclic) bond motifs is 1. The van der Waals surface area contributed by atoms with Gasteiger partial charge < -0.3 is 0 Å². The fourth-order valence-corrected chi connectivity index (χ4v) is 2.85. The van der Waals surface area contributed by atoms with Crippen molar-refractivity contribution in [1.29, 1.82) is 0 Å². The van der Waals surface area contributed by atoms with Crippen molar-refractivity contribution in [1.82, 2.24) is 0 Å². The summed E-state index contributed by atoms with van der Waals surface area (Å²) < 4.78 is 32.0. The molecular formula is C13H14O3S. The molecule has 0 aliphatic rings. The summed E-state index contributed by atoms with van der Waals surface area (Å²) in [5.74, 6) is 0. The third kappa shape index (κ3) is 2.06. The van der Waals surface area contributed by atoms with Gasteiger partial charge in [-0.3, -0.25) is 4.55 Å². The molecule has 0 amide bonds. The Balaban J connectivity index is 3.01. The average molecular weight is 250 g/mol. The van der Waals surface area contributed by atoms with Crippen LogP contribution in [0.15, 0.2) is 35.2 Å². The topological polar surface area (TPSA) is 54.4 Å². The maximum atomic E-state index is 11.4. The van der Waals surface area contributed by atoms with Crippen molar-refractivity contribution in [2.24, 2.45) is 0 Å². The smallest absolute Gasteiger partial charge is 0.282 e. The third-order valence-electron chi connectivity index (χ3n) is 2.97. The molecule has 17 heavy (non-hydrogen) atoms. The summed E-state index contributed by atoms with van der Waals surface area (Å²) in [4.78, 5) is -0.00412. The van der Waals surface area contributed by atoms with Crippen molar-refractivity contribution in [3.05, 3.63) is 41.5 Å². The van der Waals surface area contributed by atoms with E-state index in [1.165, 1.54) is 6.07 Å². The molecule has 0 aromatic heterocycles. The Hall–Kier alpha value is -1.39. The molecule has 0 atom stereocenters. The molecule has 4 heteroatoms. The molecule has 0 heterocycles. The van der Waals surface area contributed by atoms with Gasteiger partial charge in [0.05, 0.1) is 0 Å². The molecule has 0 radical (unpaired) electrons. The van der Waals surface area contributed by atoms with E-state index < -0.39 is 10.1 Å². The molecule has 0 aliphatic heterocycles. The zero-order valence-electron chi connectivity index (χ0n) is 9.77. The summed E-state index contributed by atoms with van der Waals surface area (Å²) >= 11 is 0. The average Bonchev–Trinajstić information content (AvgIpc) is 2.28. The SMILES string of the molecule is CCc1ccc(C)c2cccc(S(=O)(=O)O)c12. The number of benzene rings is 2. The lowest BCUT2D eigenvalue weighted by Crippen LogP contribution is -2.01. The van der Waals surface area contributed by atoms with Gasteiger partial charge in [-0.1, -0.05) is 31.2 Å². The van der Waals surface area contributed by atoms with Gasteiger partial charge in [-0.15, -0.1) is 0 Å². The summed E-state index contributed by atoms with van der Waals surface area (Å²) in [5, 5.41) is 1.51. The standard InChI is InChI=1S/C13H14O3S/c1-3-10-8-7-9(2)11-5-4-6-12(13(10)11)17(14,15)16/h4-8H,3H2,1-2H3,(H,14,15,16). The second-order valence-corrected chi connectivity index (χ2v) is 5.44. The van der Waals surface area contributed by atoms with Gasteiger partial charge >= 0.3 is 0 Å². The molecule has 0 spiro atoms. The Labute approximate surface area is 101 Å². The monoisotopic (exact) mass is 250 g/mol. The zero-order valence-corrected chi connectivity index (χ0v) is 10.6. The van der Waals surface area contributed by atoms with Crippen LogP contribution < -0.4 is 0 Å². The van der Waals surface area contributed by atoms with E-state index in [2.05, 4.69) is 0 Å². The van der Waals surface area contributed by atoms with Gasteiger partial charge in [-0.2, -0.15) is 8.42 Å². The van der Waals surface area contributed by atoms with Gasteiger partial charge in [0.25, 0.3) is 10.1 Å². The molecule has 90 valence electrons. The molecule has 0 saturated heterocycles. The van der Waals surface area contributed by atoms with E-state index >= 15 is 0 Å². The maximum absolute atomic E-state index is 11.4. The highest BCUT2D eigenvalue weighted by Gasteiger charge is 2.16. The van der Waals surface area contributed by atoms with Gasteiger partial charge in [-0.25, -0.2) is 0 Å². The molecule has 0 saturated carbocycles. The molecular weight excluding hydrogens is 236 g/mol. The number of aryl methyl sites for hydroxylation is 2. The van der Waals surface area contributed by atoms with E-state index in [0.29, 0.717) is 5.39 Å². The minimum Gasteiger partial charge on any atom is -0.282 e. The van der Waals surface area contributed by atoms with Gasteiger partial charge in [-0.05, 0) is 35.9 Å². The Morgan fingerprint density at radius 3 is 2.47 bits per heavy atom. The minimum absolute atomic E-state index is 0.00412. The van der Waals surface area contributed by atoms with Crippen molar-refractivity contribution in [2.75, 3.05) is 0 Å². The molecule has 0 unspecified atom stereocenters. The fraction of sp³-hybridized carbons (Fsp3) is 0.231. The largest absolute Gasteiger partial charge is 0.295 e. The molecule has 2 rings (SSSR count). The van der Waals surface area contributed by atoms with E-state index in [4.69, 9.17) is 0 Å². The summed E-state index contributed by atoms with van der Waals surface area (Å²) in [7, 11) is -4.18. The number of rotatable bonds is 2. The van der Waals surface area contributed by atoms with Crippen molar-refractivity contribution < 1.29 is 13.0 Å². The van der Waals surface area contributed by atoms with Crippen LogP contribution in [0.25, 0.3) is 10.8 Å². The van der Waals surface area contributed by atoms with Crippen molar-refractivity contribution in [3.63, 3.8) is 0 Å². The van der Waals surface area contributed by atoms with E-state index in [1.54, 1.807) is 6.07 Å². The van der Waals surface area contributed by atoms with Crippen LogP contribution in [0.2, 0.25) is 0 Å². The first-order valence-electron chi connectivity index (χ1n) is 5.44. The van der Waals surface area contributed by atoms with Crippen LogP contribution in [0.3, 0.4) is 0 Å². The van der Waals surface area contributed by atoms with Gasteiger partial charge in [0.15, 0.2) is 0 Å². The molecule has 0 aliphatic carbocycles. The normalized spacial score (nSPS) is 11.9. The number of hydrogen-bond donors (Lipinski definition) is 1. The lowest BCUT2D eigenvalue weighted by atomic mass is 9.99. The Morgan fingerprint density at radius 1 is 1.18 bits per heavy atom. The fourth-order valence-electron chi connectivity index (χ4n) is 2.10. The van der Waals surface area contributed by atoms with Crippen LogP contribution in [0, 0.1) is 6.92 Å². The summed E-state index contributed by atoms with van der Waals surface area (Å²) in [5.41, 5.74) is 1.93. The molecule has 2 aromatic rings. The van der Waals surface area contributed by atoms with Crippen molar-refractivity contribution >= 4 is 20.9 Å². The van der Waals surface area contributed by atoms with Crippen LogP contribution >= 0.6 is 0 Å². The molecule has 1 N–H and O–H groups in total. The highest BCUT2D eigenvalue weighted by Crippen LogP contribution is 2.29. The molecule has 3 nitrogen and oxygen atoms in total. The second-order valence-electron chi connectivity index (χ2n) is 4.05. The summed E-state index contributed by atoms with van der Waals surface area (Å²) in [6, 6.07) is 8.84. The number of hydrogen-bond acceptors (Lipinski definition) is 2. The highest BCUT2D eigenvalue weighted by molar-refractivity contribution is 7.86. The van der Waals surface area contributed by atoms with E-state index in [1.807, 2.05) is 32.0 Å². The molecule has 0 fully saturated rings. The first kappa shape index (κ1) is 12.1. The van der Waals surface area contributed by atoms with Crippen LogP contribution in [0.4, 0.5) is 0 Å². The van der Waals surface area contributed by atoms with Crippen LogP contribution in [-0.4, -0.2) is 13.0 Å². The van der Waals surface area contributed by atoms with E-state index in [0.717, 1.165) is 22.9 Å². The predicted octanol–water partition coefficient (Wildman–Crippen LogP) is 2.96. The Kier molecular flexibility index (Phi) is 2.93. The maximum Gasteiger partial charge on any atom is 0.295 e. The summed E-state index contributed by atoms with van der Waals surface area (Å²) in [6.07, 6.45) is 0.726. The van der Waals surface area contributed by atoms with E-state index in [-0.39, 0.29) is 4.90 Å². The highest BCUT2D eigenvalue weighted by atomic mass is 32.2. The van der Waals surface area contributed by atoms with Gasteiger partial charge in [0, 0.05) is 5.39 Å².